The fourth-order valence-electron chi connectivity index (χ4n) is 1.19. The minimum Gasteiger partial charge on any atom is -0.272 e. The highest BCUT2D eigenvalue weighted by atomic mass is 79.9. The van der Waals surface area contributed by atoms with Crippen molar-refractivity contribution in [2.75, 3.05) is 0 Å². The van der Waals surface area contributed by atoms with Crippen molar-refractivity contribution in [3.8, 4) is 5.69 Å². The van der Waals surface area contributed by atoms with E-state index >= 15 is 0 Å². The first-order valence-corrected chi connectivity index (χ1v) is 5.52. The first-order valence-electron chi connectivity index (χ1n) is 3.95. The number of hydrogen-bond donors (Lipinski definition) is 2. The van der Waals surface area contributed by atoms with E-state index in [1.165, 1.54) is 4.57 Å². The number of aromatic nitrogens is 3. The van der Waals surface area contributed by atoms with E-state index in [0.717, 1.165) is 4.47 Å². The molecular formula is C8H5BrClN3OS. The number of nitrogens with zero attached hydrogens (tertiary/aromatic N) is 1. The normalized spacial score (nSPS) is 10.5. The molecule has 0 unspecified atom stereocenters. The SMILES string of the molecule is O=c1[nH][nH]c(=S)n1-c1ccc(Br)cc1Cl. The van der Waals surface area contributed by atoms with Gasteiger partial charge in [0.25, 0.3) is 0 Å². The highest BCUT2D eigenvalue weighted by Gasteiger charge is 2.07. The quantitative estimate of drug-likeness (QED) is 0.796. The van der Waals surface area contributed by atoms with E-state index in [-0.39, 0.29) is 10.5 Å². The Kier molecular flexibility index (Phi) is 2.81. The number of aromatic amines is 2. The summed E-state index contributed by atoms with van der Waals surface area (Å²) in [6.45, 7) is 0. The van der Waals surface area contributed by atoms with Crippen molar-refractivity contribution in [3.63, 3.8) is 0 Å². The Balaban J connectivity index is 2.75. The summed E-state index contributed by atoms with van der Waals surface area (Å²) >= 11 is 14.2. The second-order valence-corrected chi connectivity index (χ2v) is 4.50. The smallest absolute Gasteiger partial charge is 0.272 e. The molecule has 1 aromatic heterocycles. The van der Waals surface area contributed by atoms with Crippen LogP contribution < -0.4 is 5.69 Å². The molecule has 0 aliphatic rings. The molecule has 0 saturated carbocycles. The second kappa shape index (κ2) is 3.96. The zero-order chi connectivity index (χ0) is 11.0. The number of benzene rings is 1. The lowest BCUT2D eigenvalue weighted by molar-refractivity contribution is 0.975. The molecule has 0 fully saturated rings. The molecule has 2 N–H and O–H groups in total. The molecule has 0 amide bonds. The van der Waals surface area contributed by atoms with Gasteiger partial charge in [0.2, 0.25) is 4.77 Å². The van der Waals surface area contributed by atoms with Gasteiger partial charge in [-0.15, -0.1) is 0 Å². The summed E-state index contributed by atoms with van der Waals surface area (Å²) in [5.74, 6) is 0. The molecule has 78 valence electrons. The van der Waals surface area contributed by atoms with Crippen LogP contribution in [0.15, 0.2) is 27.5 Å². The molecule has 15 heavy (non-hydrogen) atoms. The molecule has 0 radical (unpaired) electrons. The summed E-state index contributed by atoms with van der Waals surface area (Å²) in [6, 6.07) is 5.20. The predicted octanol–water partition coefficient (Wildman–Crippen LogP) is 2.64. The van der Waals surface area contributed by atoms with Crippen molar-refractivity contribution >= 4 is 39.7 Å². The lowest BCUT2D eigenvalue weighted by atomic mass is 10.3. The molecule has 0 saturated heterocycles. The average molecular weight is 307 g/mol. The molecule has 0 aliphatic heterocycles. The third-order valence-corrected chi connectivity index (χ3v) is 2.91. The molecule has 1 heterocycles. The van der Waals surface area contributed by atoms with Crippen LogP contribution in [0.5, 0.6) is 0 Å². The zero-order valence-corrected chi connectivity index (χ0v) is 10.4. The summed E-state index contributed by atoms with van der Waals surface area (Å²) in [6.07, 6.45) is 0. The highest BCUT2D eigenvalue weighted by Crippen LogP contribution is 2.23. The first kappa shape index (κ1) is 10.7. The van der Waals surface area contributed by atoms with Crippen LogP contribution in [0.25, 0.3) is 5.69 Å². The van der Waals surface area contributed by atoms with Gasteiger partial charge in [0.15, 0.2) is 0 Å². The molecule has 0 spiro atoms. The summed E-state index contributed by atoms with van der Waals surface area (Å²) in [5, 5.41) is 5.38. The maximum Gasteiger partial charge on any atom is 0.347 e. The number of halogens is 2. The average Bonchev–Trinajstić information content (AvgIpc) is 2.48. The van der Waals surface area contributed by atoms with Gasteiger partial charge in [0, 0.05) is 4.47 Å². The van der Waals surface area contributed by atoms with Crippen LogP contribution in [0.3, 0.4) is 0 Å². The number of hydrogen-bond acceptors (Lipinski definition) is 2. The molecular weight excluding hydrogens is 302 g/mol. The van der Waals surface area contributed by atoms with Gasteiger partial charge in [-0.05, 0) is 30.4 Å². The number of nitrogens with one attached hydrogen (secondary N) is 2. The third-order valence-electron chi connectivity index (χ3n) is 1.83. The third kappa shape index (κ3) is 1.92. The maximum absolute atomic E-state index is 11.4. The van der Waals surface area contributed by atoms with Gasteiger partial charge in [-0.2, -0.15) is 0 Å². The monoisotopic (exact) mass is 305 g/mol. The van der Waals surface area contributed by atoms with Crippen LogP contribution in [0.1, 0.15) is 0 Å². The summed E-state index contributed by atoms with van der Waals surface area (Å²) < 4.78 is 2.42. The van der Waals surface area contributed by atoms with Gasteiger partial charge < -0.3 is 0 Å². The summed E-state index contributed by atoms with van der Waals surface area (Å²) in [5.41, 5.74) is 0.205. The van der Waals surface area contributed by atoms with E-state index in [4.69, 9.17) is 23.8 Å². The fraction of sp³-hybridized carbons (Fsp3) is 0. The lowest BCUT2D eigenvalue weighted by Crippen LogP contribution is -2.15. The van der Waals surface area contributed by atoms with Crippen LogP contribution in [-0.2, 0) is 0 Å². The molecule has 0 atom stereocenters. The Morgan fingerprint density at radius 1 is 1.40 bits per heavy atom. The van der Waals surface area contributed by atoms with Crippen molar-refractivity contribution in [2.24, 2.45) is 0 Å². The topological polar surface area (TPSA) is 53.6 Å². The van der Waals surface area contributed by atoms with Gasteiger partial charge in [0.05, 0.1) is 10.7 Å². The van der Waals surface area contributed by atoms with Crippen LogP contribution in [0.4, 0.5) is 0 Å². The van der Waals surface area contributed by atoms with Crippen LogP contribution >= 0.6 is 39.7 Å². The zero-order valence-electron chi connectivity index (χ0n) is 7.25. The van der Waals surface area contributed by atoms with E-state index in [1.54, 1.807) is 18.2 Å². The molecule has 0 bridgehead atoms. The van der Waals surface area contributed by atoms with Crippen molar-refractivity contribution in [2.45, 2.75) is 0 Å². The Bertz CT molecular complexity index is 587. The van der Waals surface area contributed by atoms with Gasteiger partial charge >= 0.3 is 5.69 Å². The molecule has 7 heteroatoms. The largest absolute Gasteiger partial charge is 0.347 e. The predicted molar refractivity (Wildman–Crippen MR) is 64.3 cm³/mol. The van der Waals surface area contributed by atoms with E-state index in [2.05, 4.69) is 26.1 Å². The Hall–Kier alpha value is -0.850. The van der Waals surface area contributed by atoms with Crippen LogP contribution in [0.2, 0.25) is 5.02 Å². The molecule has 0 aliphatic carbocycles. The maximum atomic E-state index is 11.4. The van der Waals surface area contributed by atoms with Crippen molar-refractivity contribution < 1.29 is 0 Å². The van der Waals surface area contributed by atoms with E-state index in [1.807, 2.05) is 0 Å². The Morgan fingerprint density at radius 3 is 2.67 bits per heavy atom. The molecule has 2 aromatic rings. The summed E-state index contributed by atoms with van der Waals surface area (Å²) in [7, 11) is 0. The fourth-order valence-corrected chi connectivity index (χ4v) is 2.18. The van der Waals surface area contributed by atoms with Crippen molar-refractivity contribution in [1.82, 2.24) is 14.8 Å². The standard InChI is InChI=1S/C8H5BrClN3OS/c9-4-1-2-6(5(10)3-4)13-7(14)11-12-8(13)15/h1-3H,(H,11,14)(H,12,15). The molecule has 1 aromatic carbocycles. The van der Waals surface area contributed by atoms with Gasteiger partial charge in [-0.1, -0.05) is 27.5 Å². The highest BCUT2D eigenvalue weighted by molar-refractivity contribution is 9.10. The first-order chi connectivity index (χ1) is 7.09. The van der Waals surface area contributed by atoms with E-state index in [9.17, 15) is 4.79 Å². The van der Waals surface area contributed by atoms with E-state index in [0.29, 0.717) is 10.7 Å². The van der Waals surface area contributed by atoms with Crippen molar-refractivity contribution in [1.29, 1.82) is 0 Å². The Labute approximate surface area is 103 Å². The van der Waals surface area contributed by atoms with Gasteiger partial charge in [-0.25, -0.2) is 14.5 Å². The van der Waals surface area contributed by atoms with Gasteiger partial charge in [0.1, 0.15) is 0 Å². The minimum absolute atomic E-state index is 0.282. The number of H-pyrrole nitrogens is 2. The van der Waals surface area contributed by atoms with Crippen LogP contribution in [0, 0.1) is 4.77 Å². The molecule has 4 nitrogen and oxygen atoms in total. The summed E-state index contributed by atoms with van der Waals surface area (Å²) in [4.78, 5) is 11.4. The van der Waals surface area contributed by atoms with Gasteiger partial charge in [-0.3, -0.25) is 5.10 Å². The molecule has 2 rings (SSSR count). The second-order valence-electron chi connectivity index (χ2n) is 2.79. The minimum atomic E-state index is -0.343. The van der Waals surface area contributed by atoms with Crippen LogP contribution in [-0.4, -0.2) is 14.8 Å². The lowest BCUT2D eigenvalue weighted by Gasteiger charge is -2.03. The number of rotatable bonds is 1. The Morgan fingerprint density at radius 2 is 2.13 bits per heavy atom. The van der Waals surface area contributed by atoms with Crippen molar-refractivity contribution in [3.05, 3.63) is 42.9 Å². The van der Waals surface area contributed by atoms with E-state index < -0.39 is 0 Å².